The second-order valence-electron chi connectivity index (χ2n) is 7.54. The topological polar surface area (TPSA) is 42.0 Å². The van der Waals surface area contributed by atoms with E-state index >= 15 is 0 Å². The second-order valence-corrected chi connectivity index (χ2v) is 8.45. The van der Waals surface area contributed by atoms with Gasteiger partial charge in [0.05, 0.1) is 5.92 Å². The minimum atomic E-state index is -0.118. The van der Waals surface area contributed by atoms with Crippen LogP contribution in [0.15, 0.2) is 71.3 Å². The Labute approximate surface area is 174 Å². The number of carbonyl (C=O) groups is 1. The summed E-state index contributed by atoms with van der Waals surface area (Å²) in [5.41, 5.74) is 5.14. The van der Waals surface area contributed by atoms with Crippen LogP contribution in [0.5, 0.6) is 0 Å². The first-order valence-electron chi connectivity index (χ1n) is 9.68. The third-order valence-corrected chi connectivity index (χ3v) is 5.71. The van der Waals surface area contributed by atoms with Crippen LogP contribution in [0.2, 0.25) is 0 Å². The maximum Gasteiger partial charge on any atom is 0.231 e. The lowest BCUT2D eigenvalue weighted by atomic mass is 9.92. The highest BCUT2D eigenvalue weighted by Crippen LogP contribution is 2.39. The molecule has 2 aromatic carbocycles. The van der Waals surface area contributed by atoms with E-state index < -0.39 is 0 Å². The van der Waals surface area contributed by atoms with Crippen molar-refractivity contribution < 1.29 is 4.79 Å². The van der Waals surface area contributed by atoms with Crippen molar-refractivity contribution in [2.24, 2.45) is 5.92 Å². The van der Waals surface area contributed by atoms with Crippen LogP contribution in [-0.4, -0.2) is 10.9 Å². The summed E-state index contributed by atoms with van der Waals surface area (Å²) in [6.45, 7) is 1.99. The van der Waals surface area contributed by atoms with Crippen LogP contribution >= 0.6 is 15.9 Å². The second kappa shape index (κ2) is 8.27. The molecule has 1 aromatic heterocycles. The molecule has 3 nitrogen and oxygen atoms in total. The Bertz CT molecular complexity index is 980. The van der Waals surface area contributed by atoms with Crippen LogP contribution in [0.3, 0.4) is 0 Å². The molecule has 142 valence electrons. The lowest BCUT2D eigenvalue weighted by molar-refractivity contribution is -0.117. The molecule has 1 amide bonds. The predicted octanol–water partition coefficient (Wildman–Crippen LogP) is 6.34. The summed E-state index contributed by atoms with van der Waals surface area (Å²) < 4.78 is 1.01. The zero-order valence-electron chi connectivity index (χ0n) is 15.9. The number of nitrogens with one attached hydrogen (secondary N) is 1. The average Bonchev–Trinajstić information content (AvgIpc) is 3.51. The molecule has 1 N–H and O–H groups in total. The summed E-state index contributed by atoms with van der Waals surface area (Å²) in [5.74, 6) is 0.622. The zero-order valence-corrected chi connectivity index (χ0v) is 17.4. The molecule has 1 aliphatic carbocycles. The third kappa shape index (κ3) is 4.68. The van der Waals surface area contributed by atoms with Gasteiger partial charge in [-0.05, 0) is 72.4 Å². The van der Waals surface area contributed by atoms with E-state index in [1.165, 1.54) is 12.8 Å². The molecule has 1 fully saturated rings. The quantitative estimate of drug-likeness (QED) is 0.491. The van der Waals surface area contributed by atoms with Gasteiger partial charge in [0.15, 0.2) is 0 Å². The Balaban J connectivity index is 1.50. The van der Waals surface area contributed by atoms with Gasteiger partial charge < -0.3 is 5.32 Å². The van der Waals surface area contributed by atoms with Crippen molar-refractivity contribution in [1.82, 2.24) is 4.98 Å². The van der Waals surface area contributed by atoms with Gasteiger partial charge in [-0.1, -0.05) is 53.0 Å². The van der Waals surface area contributed by atoms with Crippen molar-refractivity contribution in [1.29, 1.82) is 0 Å². The SMILES string of the molecule is Cc1cc(-c2ccc(NC(=O)C(CC3CC3)c3cccc(Br)c3)cc2)ccn1. The average molecular weight is 435 g/mol. The van der Waals surface area contributed by atoms with Crippen LogP contribution in [0.1, 0.15) is 36.4 Å². The van der Waals surface area contributed by atoms with Gasteiger partial charge in [0.25, 0.3) is 0 Å². The van der Waals surface area contributed by atoms with Crippen molar-refractivity contribution in [3.63, 3.8) is 0 Å². The molecular weight excluding hydrogens is 412 g/mol. The van der Waals surface area contributed by atoms with E-state index in [0.29, 0.717) is 5.92 Å². The minimum absolute atomic E-state index is 0.0671. The van der Waals surface area contributed by atoms with Crippen molar-refractivity contribution in [3.05, 3.63) is 82.6 Å². The van der Waals surface area contributed by atoms with Crippen molar-refractivity contribution in [2.45, 2.75) is 32.1 Å². The summed E-state index contributed by atoms with van der Waals surface area (Å²) in [4.78, 5) is 17.3. The number of hydrogen-bond donors (Lipinski definition) is 1. The van der Waals surface area contributed by atoms with E-state index in [4.69, 9.17) is 0 Å². The fourth-order valence-corrected chi connectivity index (χ4v) is 3.92. The summed E-state index contributed by atoms with van der Waals surface area (Å²) in [6, 6.07) is 20.2. The maximum absolute atomic E-state index is 13.1. The number of nitrogens with zero attached hydrogens (tertiary/aromatic N) is 1. The Morgan fingerprint density at radius 1 is 1.11 bits per heavy atom. The first-order valence-corrected chi connectivity index (χ1v) is 10.5. The number of pyridine rings is 1. The van der Waals surface area contributed by atoms with Crippen LogP contribution < -0.4 is 5.32 Å². The molecule has 4 rings (SSSR count). The number of hydrogen-bond acceptors (Lipinski definition) is 2. The molecule has 0 saturated heterocycles. The van der Waals surface area contributed by atoms with Crippen LogP contribution in [-0.2, 0) is 4.79 Å². The summed E-state index contributed by atoms with van der Waals surface area (Å²) in [5, 5.41) is 3.12. The molecule has 28 heavy (non-hydrogen) atoms. The minimum Gasteiger partial charge on any atom is -0.326 e. The largest absolute Gasteiger partial charge is 0.326 e. The summed E-state index contributed by atoms with van der Waals surface area (Å²) in [6.07, 6.45) is 5.20. The van der Waals surface area contributed by atoms with Crippen molar-refractivity contribution >= 4 is 27.5 Å². The van der Waals surface area contributed by atoms with Gasteiger partial charge >= 0.3 is 0 Å². The van der Waals surface area contributed by atoms with Crippen LogP contribution in [0.25, 0.3) is 11.1 Å². The lowest BCUT2D eigenvalue weighted by Gasteiger charge is -2.18. The molecule has 1 heterocycles. The molecule has 1 unspecified atom stereocenters. The van der Waals surface area contributed by atoms with E-state index in [1.54, 1.807) is 0 Å². The number of anilines is 1. The molecule has 1 saturated carbocycles. The molecule has 0 aliphatic heterocycles. The number of amides is 1. The highest BCUT2D eigenvalue weighted by molar-refractivity contribution is 9.10. The normalized spacial score (nSPS) is 14.5. The third-order valence-electron chi connectivity index (χ3n) is 5.22. The highest BCUT2D eigenvalue weighted by atomic mass is 79.9. The Morgan fingerprint density at radius 2 is 1.89 bits per heavy atom. The van der Waals surface area contributed by atoms with E-state index in [0.717, 1.165) is 39.0 Å². The van der Waals surface area contributed by atoms with Crippen molar-refractivity contribution in [3.8, 4) is 11.1 Å². The number of aryl methyl sites for hydroxylation is 1. The Kier molecular flexibility index (Phi) is 5.58. The first-order chi connectivity index (χ1) is 13.6. The van der Waals surface area contributed by atoms with E-state index in [9.17, 15) is 4.79 Å². The molecule has 0 spiro atoms. The van der Waals surface area contributed by atoms with Gasteiger partial charge in [-0.3, -0.25) is 9.78 Å². The number of benzene rings is 2. The van der Waals surface area contributed by atoms with E-state index in [-0.39, 0.29) is 11.8 Å². The molecule has 0 bridgehead atoms. The predicted molar refractivity (Wildman–Crippen MR) is 117 cm³/mol. The fourth-order valence-electron chi connectivity index (χ4n) is 3.51. The lowest BCUT2D eigenvalue weighted by Crippen LogP contribution is -2.21. The van der Waals surface area contributed by atoms with Gasteiger partial charge in [0, 0.05) is 22.1 Å². The standard InChI is InChI=1S/C24H23BrN2O/c1-16-13-19(11-12-26-16)18-7-9-22(10-8-18)27-24(28)23(14-17-5-6-17)20-3-2-4-21(25)15-20/h2-4,7-13,15,17,23H,5-6,14H2,1H3,(H,27,28). The van der Waals surface area contributed by atoms with Gasteiger partial charge in [-0.25, -0.2) is 0 Å². The molecule has 0 radical (unpaired) electrons. The van der Waals surface area contributed by atoms with E-state index in [2.05, 4.69) is 38.4 Å². The van der Waals surface area contributed by atoms with E-state index in [1.807, 2.05) is 61.7 Å². The van der Waals surface area contributed by atoms with Gasteiger partial charge in [0.1, 0.15) is 0 Å². The molecule has 4 heteroatoms. The maximum atomic E-state index is 13.1. The number of aromatic nitrogens is 1. The van der Waals surface area contributed by atoms with Gasteiger partial charge in [0.2, 0.25) is 5.91 Å². The van der Waals surface area contributed by atoms with Crippen molar-refractivity contribution in [2.75, 3.05) is 5.32 Å². The molecular formula is C24H23BrN2O. The number of carbonyl (C=O) groups excluding carboxylic acids is 1. The Morgan fingerprint density at radius 3 is 2.57 bits per heavy atom. The monoisotopic (exact) mass is 434 g/mol. The summed E-state index contributed by atoms with van der Waals surface area (Å²) >= 11 is 3.53. The van der Waals surface area contributed by atoms with Crippen LogP contribution in [0.4, 0.5) is 5.69 Å². The highest BCUT2D eigenvalue weighted by Gasteiger charge is 2.30. The summed E-state index contributed by atoms with van der Waals surface area (Å²) in [7, 11) is 0. The van der Waals surface area contributed by atoms with Gasteiger partial charge in [-0.15, -0.1) is 0 Å². The first kappa shape index (κ1) is 18.9. The molecule has 3 aromatic rings. The number of halogens is 1. The fraction of sp³-hybridized carbons (Fsp3) is 0.250. The molecule has 1 aliphatic rings. The van der Waals surface area contributed by atoms with Crippen LogP contribution in [0, 0.1) is 12.8 Å². The Hall–Kier alpha value is -2.46. The smallest absolute Gasteiger partial charge is 0.231 e. The molecule has 1 atom stereocenters. The zero-order chi connectivity index (χ0) is 19.5. The van der Waals surface area contributed by atoms with Gasteiger partial charge in [-0.2, -0.15) is 0 Å². The number of rotatable bonds is 6.